The highest BCUT2D eigenvalue weighted by Gasteiger charge is 2.24. The van der Waals surface area contributed by atoms with Crippen molar-refractivity contribution in [2.45, 2.75) is 83.5 Å². The largest absolute Gasteiger partial charge is 0.193 e. The second kappa shape index (κ2) is 9.96. The van der Waals surface area contributed by atoms with Crippen LogP contribution in [0.1, 0.15) is 88.2 Å². The van der Waals surface area contributed by atoms with Gasteiger partial charge in [-0.2, -0.15) is 5.26 Å². The molecule has 26 heavy (non-hydrogen) atoms. The van der Waals surface area contributed by atoms with Crippen LogP contribution in [-0.4, -0.2) is 0 Å². The minimum Gasteiger partial charge on any atom is -0.193 e. The summed E-state index contributed by atoms with van der Waals surface area (Å²) in [6.07, 6.45) is 18.8. The van der Waals surface area contributed by atoms with Gasteiger partial charge in [-0.05, 0) is 92.6 Å². The first-order chi connectivity index (χ1) is 12.8. The Hall–Kier alpha value is -1.55. The quantitative estimate of drug-likeness (QED) is 0.499. The first-order valence-corrected chi connectivity index (χ1v) is 10.9. The van der Waals surface area contributed by atoms with Gasteiger partial charge in [-0.25, -0.2) is 0 Å². The Morgan fingerprint density at radius 2 is 1.46 bits per heavy atom. The average molecular weight is 350 g/mol. The van der Waals surface area contributed by atoms with Gasteiger partial charge in [0, 0.05) is 6.08 Å². The van der Waals surface area contributed by atoms with E-state index in [2.05, 4.69) is 43.3 Å². The smallest absolute Gasteiger partial charge is 0.0908 e. The summed E-state index contributed by atoms with van der Waals surface area (Å²) in [5, 5.41) is 8.66. The summed E-state index contributed by atoms with van der Waals surface area (Å²) in [6.45, 7) is 2.23. The van der Waals surface area contributed by atoms with Gasteiger partial charge < -0.3 is 0 Å². The van der Waals surface area contributed by atoms with E-state index in [4.69, 9.17) is 5.26 Å². The van der Waals surface area contributed by atoms with Gasteiger partial charge in [-0.1, -0.05) is 50.1 Å². The molecule has 2 saturated carbocycles. The standard InChI is InChI=1S/C25H35N/c1-2-20-11-15-24(16-12-20)25-17-13-23(14-18-25)10-9-22-7-5-21(6-8-22)4-3-19-26/h3-4,11-12,15-16,21-23,25H,2,5-10,13-14,17-18H2,1H3/b4-3+/t21-,22-,23-,25-. The predicted molar refractivity (Wildman–Crippen MR) is 110 cm³/mol. The second-order valence-corrected chi connectivity index (χ2v) is 8.66. The van der Waals surface area contributed by atoms with E-state index in [-0.39, 0.29) is 0 Å². The molecule has 0 radical (unpaired) electrons. The van der Waals surface area contributed by atoms with Crippen LogP contribution in [0.25, 0.3) is 0 Å². The Balaban J connectivity index is 1.35. The molecule has 1 aromatic carbocycles. The molecule has 0 atom stereocenters. The summed E-state index contributed by atoms with van der Waals surface area (Å²) in [4.78, 5) is 0. The molecule has 2 aliphatic rings. The third-order valence-electron chi connectivity index (χ3n) is 7.02. The van der Waals surface area contributed by atoms with Gasteiger partial charge in [0.05, 0.1) is 6.07 Å². The zero-order valence-corrected chi connectivity index (χ0v) is 16.5. The van der Waals surface area contributed by atoms with Crippen molar-refractivity contribution in [3.63, 3.8) is 0 Å². The molecule has 1 aromatic rings. The van der Waals surface area contributed by atoms with Crippen LogP contribution in [0.15, 0.2) is 36.4 Å². The lowest BCUT2D eigenvalue weighted by molar-refractivity contribution is 0.246. The van der Waals surface area contributed by atoms with E-state index in [1.807, 2.05) is 0 Å². The molecular formula is C25H35N. The van der Waals surface area contributed by atoms with Crippen LogP contribution in [0.3, 0.4) is 0 Å². The van der Waals surface area contributed by atoms with Gasteiger partial charge in [-0.3, -0.25) is 0 Å². The van der Waals surface area contributed by atoms with E-state index >= 15 is 0 Å². The van der Waals surface area contributed by atoms with Crippen LogP contribution in [0, 0.1) is 29.1 Å². The lowest BCUT2D eigenvalue weighted by Crippen LogP contribution is -2.17. The number of nitriles is 1. The number of hydrogen-bond donors (Lipinski definition) is 0. The van der Waals surface area contributed by atoms with Crippen molar-refractivity contribution in [3.05, 3.63) is 47.5 Å². The number of rotatable bonds is 6. The van der Waals surface area contributed by atoms with Crippen LogP contribution >= 0.6 is 0 Å². The molecule has 2 aliphatic carbocycles. The fraction of sp³-hybridized carbons (Fsp3) is 0.640. The summed E-state index contributed by atoms with van der Waals surface area (Å²) < 4.78 is 0. The van der Waals surface area contributed by atoms with E-state index in [1.165, 1.54) is 69.8 Å². The van der Waals surface area contributed by atoms with Crippen molar-refractivity contribution in [3.8, 4) is 6.07 Å². The molecule has 1 nitrogen and oxygen atoms in total. The number of allylic oxidation sites excluding steroid dienone is 2. The third kappa shape index (κ3) is 5.47. The summed E-state index contributed by atoms with van der Waals surface area (Å²) in [5.41, 5.74) is 3.03. The molecule has 0 spiro atoms. The van der Waals surface area contributed by atoms with Crippen LogP contribution in [0.4, 0.5) is 0 Å². The first-order valence-electron chi connectivity index (χ1n) is 10.9. The molecule has 0 bridgehead atoms. The van der Waals surface area contributed by atoms with Gasteiger partial charge in [0.15, 0.2) is 0 Å². The highest BCUT2D eigenvalue weighted by Crippen LogP contribution is 2.39. The number of benzene rings is 1. The number of hydrogen-bond acceptors (Lipinski definition) is 1. The van der Waals surface area contributed by atoms with E-state index in [0.29, 0.717) is 5.92 Å². The number of aryl methyl sites for hydroxylation is 1. The molecule has 3 rings (SSSR count). The van der Waals surface area contributed by atoms with E-state index in [0.717, 1.165) is 24.2 Å². The number of nitrogens with zero attached hydrogens (tertiary/aromatic N) is 1. The Morgan fingerprint density at radius 1 is 0.885 bits per heavy atom. The first kappa shape index (κ1) is 19.2. The molecule has 0 N–H and O–H groups in total. The lowest BCUT2D eigenvalue weighted by atomic mass is 9.74. The maximum absolute atomic E-state index is 8.66. The fourth-order valence-electron chi connectivity index (χ4n) is 5.13. The van der Waals surface area contributed by atoms with Crippen molar-refractivity contribution >= 4 is 0 Å². The Morgan fingerprint density at radius 3 is 2.00 bits per heavy atom. The summed E-state index contributed by atoms with van der Waals surface area (Å²) in [7, 11) is 0. The maximum Gasteiger partial charge on any atom is 0.0908 e. The van der Waals surface area contributed by atoms with Gasteiger partial charge >= 0.3 is 0 Å². The lowest BCUT2D eigenvalue weighted by Gasteiger charge is -2.31. The summed E-state index contributed by atoms with van der Waals surface area (Å²) in [5.74, 6) is 3.39. The Labute approximate surface area is 160 Å². The molecule has 1 heteroatoms. The third-order valence-corrected chi connectivity index (χ3v) is 7.02. The topological polar surface area (TPSA) is 23.8 Å². The normalized spacial score (nSPS) is 29.5. The van der Waals surface area contributed by atoms with E-state index < -0.39 is 0 Å². The second-order valence-electron chi connectivity index (χ2n) is 8.66. The summed E-state index contributed by atoms with van der Waals surface area (Å²) in [6, 6.07) is 11.5. The highest BCUT2D eigenvalue weighted by atomic mass is 14.3. The molecule has 0 saturated heterocycles. The van der Waals surface area contributed by atoms with Crippen LogP contribution in [-0.2, 0) is 6.42 Å². The maximum atomic E-state index is 8.66. The van der Waals surface area contributed by atoms with Crippen molar-refractivity contribution in [2.75, 3.05) is 0 Å². The molecule has 0 heterocycles. The molecule has 0 aromatic heterocycles. The monoisotopic (exact) mass is 349 g/mol. The van der Waals surface area contributed by atoms with Gasteiger partial charge in [0.25, 0.3) is 0 Å². The zero-order valence-electron chi connectivity index (χ0n) is 16.5. The van der Waals surface area contributed by atoms with Gasteiger partial charge in [0.1, 0.15) is 0 Å². The Bertz CT molecular complexity index is 590. The van der Waals surface area contributed by atoms with E-state index in [1.54, 1.807) is 11.6 Å². The minimum absolute atomic E-state index is 0.667. The van der Waals surface area contributed by atoms with E-state index in [9.17, 15) is 0 Å². The predicted octanol–water partition coefficient (Wildman–Crippen LogP) is 7.19. The van der Waals surface area contributed by atoms with Crippen molar-refractivity contribution < 1.29 is 0 Å². The molecule has 140 valence electrons. The molecule has 2 fully saturated rings. The molecule has 0 unspecified atom stereocenters. The van der Waals surface area contributed by atoms with Crippen LogP contribution in [0.2, 0.25) is 0 Å². The van der Waals surface area contributed by atoms with Crippen molar-refractivity contribution in [2.24, 2.45) is 17.8 Å². The summed E-state index contributed by atoms with van der Waals surface area (Å²) >= 11 is 0. The molecular weight excluding hydrogens is 314 g/mol. The SMILES string of the molecule is CCc1ccc([C@H]2CC[C@H](CC[C@H]3CC[C@H](/C=C/C#N)CC3)CC2)cc1. The molecule has 0 aliphatic heterocycles. The zero-order chi connectivity index (χ0) is 18.2. The average Bonchev–Trinajstić information content (AvgIpc) is 2.72. The Kier molecular flexibility index (Phi) is 7.36. The minimum atomic E-state index is 0.667. The van der Waals surface area contributed by atoms with Gasteiger partial charge in [0.2, 0.25) is 0 Å². The van der Waals surface area contributed by atoms with Crippen molar-refractivity contribution in [1.29, 1.82) is 5.26 Å². The van der Waals surface area contributed by atoms with Crippen LogP contribution < -0.4 is 0 Å². The van der Waals surface area contributed by atoms with Crippen LogP contribution in [0.5, 0.6) is 0 Å². The molecule has 0 amide bonds. The fourth-order valence-corrected chi connectivity index (χ4v) is 5.13. The highest BCUT2D eigenvalue weighted by molar-refractivity contribution is 5.25. The van der Waals surface area contributed by atoms with Crippen molar-refractivity contribution in [1.82, 2.24) is 0 Å². The van der Waals surface area contributed by atoms with Gasteiger partial charge in [-0.15, -0.1) is 0 Å².